The highest BCUT2D eigenvalue weighted by molar-refractivity contribution is 7.92. The normalized spacial score (nSPS) is 14.5. The van der Waals surface area contributed by atoms with Gasteiger partial charge in [0.15, 0.2) is 9.84 Å². The zero-order chi connectivity index (χ0) is 13.7. The zero-order valence-electron chi connectivity index (χ0n) is 12.0. The van der Waals surface area contributed by atoms with Crippen LogP contribution in [0.4, 0.5) is 0 Å². The van der Waals surface area contributed by atoms with Gasteiger partial charge in [-0.15, -0.1) is 0 Å². The number of hydrogen-bond donors (Lipinski definition) is 1. The van der Waals surface area contributed by atoms with Crippen LogP contribution in [0.1, 0.15) is 47.5 Å². The van der Waals surface area contributed by atoms with Gasteiger partial charge in [0.25, 0.3) is 0 Å². The lowest BCUT2D eigenvalue weighted by atomic mass is 10.1. The molecular weight excluding hydrogens is 234 g/mol. The number of sulfone groups is 1. The fraction of sp³-hybridized carbons (Fsp3) is 0.846. The topological polar surface area (TPSA) is 46.2 Å². The lowest BCUT2D eigenvalue weighted by molar-refractivity contribution is 0.465. The molecule has 3 nitrogen and oxygen atoms in total. The lowest BCUT2D eigenvalue weighted by Crippen LogP contribution is -2.44. The summed E-state index contributed by atoms with van der Waals surface area (Å²) in [6.07, 6.45) is 5.57. The van der Waals surface area contributed by atoms with E-state index in [9.17, 15) is 8.42 Å². The smallest absolute Gasteiger partial charge is 0.153 e. The van der Waals surface area contributed by atoms with Crippen molar-refractivity contribution < 1.29 is 8.42 Å². The molecule has 0 fully saturated rings. The largest absolute Gasteiger partial charge is 0.313 e. The molecule has 0 heterocycles. The molecule has 0 aromatic carbocycles. The van der Waals surface area contributed by atoms with Crippen LogP contribution in [0.2, 0.25) is 0 Å². The molecule has 0 radical (unpaired) electrons. The molecule has 102 valence electrons. The minimum absolute atomic E-state index is 0.339. The Morgan fingerprint density at radius 3 is 2.29 bits per heavy atom. The Labute approximate surface area is 107 Å². The van der Waals surface area contributed by atoms with Crippen molar-refractivity contribution >= 4 is 9.84 Å². The summed E-state index contributed by atoms with van der Waals surface area (Å²) in [5.41, 5.74) is 1.33. The van der Waals surface area contributed by atoms with Crippen molar-refractivity contribution in [3.8, 4) is 0 Å². The van der Waals surface area contributed by atoms with Crippen molar-refractivity contribution in [2.24, 2.45) is 0 Å². The van der Waals surface area contributed by atoms with Gasteiger partial charge in [-0.05, 0) is 47.5 Å². The predicted molar refractivity (Wildman–Crippen MR) is 75.1 cm³/mol. The Hall–Kier alpha value is -0.350. The van der Waals surface area contributed by atoms with E-state index in [4.69, 9.17) is 0 Å². The van der Waals surface area contributed by atoms with E-state index in [0.717, 1.165) is 12.8 Å². The first kappa shape index (κ1) is 16.6. The molecule has 1 atom stereocenters. The minimum Gasteiger partial charge on any atom is -0.313 e. The van der Waals surface area contributed by atoms with Crippen molar-refractivity contribution in [3.05, 3.63) is 11.6 Å². The van der Waals surface area contributed by atoms with E-state index in [1.165, 1.54) is 11.8 Å². The molecule has 0 spiro atoms. The van der Waals surface area contributed by atoms with Gasteiger partial charge in [0.1, 0.15) is 0 Å². The highest BCUT2D eigenvalue weighted by Gasteiger charge is 2.29. The van der Waals surface area contributed by atoms with E-state index >= 15 is 0 Å². The Kier molecular flexibility index (Phi) is 6.41. The Morgan fingerprint density at radius 2 is 1.88 bits per heavy atom. The van der Waals surface area contributed by atoms with E-state index in [1.54, 1.807) is 13.8 Å². The van der Waals surface area contributed by atoms with E-state index < -0.39 is 14.6 Å². The fourth-order valence-corrected chi connectivity index (χ4v) is 1.62. The van der Waals surface area contributed by atoms with Crippen LogP contribution >= 0.6 is 0 Å². The van der Waals surface area contributed by atoms with Crippen LogP contribution in [0.5, 0.6) is 0 Å². The third-order valence-electron chi connectivity index (χ3n) is 3.03. The monoisotopic (exact) mass is 261 g/mol. The van der Waals surface area contributed by atoms with Gasteiger partial charge < -0.3 is 5.32 Å². The molecule has 0 amide bonds. The molecule has 0 aliphatic heterocycles. The summed E-state index contributed by atoms with van der Waals surface area (Å²) in [7, 11) is -3.01. The van der Waals surface area contributed by atoms with Crippen LogP contribution in [0.25, 0.3) is 0 Å². The Balaban J connectivity index is 4.09. The molecule has 0 bridgehead atoms. The fourth-order valence-electron chi connectivity index (χ4n) is 1.28. The van der Waals surface area contributed by atoms with Gasteiger partial charge in [0.05, 0.1) is 4.75 Å². The highest BCUT2D eigenvalue weighted by Crippen LogP contribution is 2.14. The minimum atomic E-state index is -3.01. The molecule has 4 heteroatoms. The van der Waals surface area contributed by atoms with Crippen LogP contribution < -0.4 is 5.32 Å². The molecule has 0 aromatic heterocycles. The second kappa shape index (κ2) is 6.55. The first-order chi connectivity index (χ1) is 7.56. The lowest BCUT2D eigenvalue weighted by Gasteiger charge is -2.25. The van der Waals surface area contributed by atoms with Gasteiger partial charge in [-0.1, -0.05) is 11.6 Å². The average molecular weight is 261 g/mol. The molecule has 1 unspecified atom stereocenters. The molecule has 0 saturated heterocycles. The molecule has 17 heavy (non-hydrogen) atoms. The maximum atomic E-state index is 11.5. The van der Waals surface area contributed by atoms with Gasteiger partial charge >= 0.3 is 0 Å². The van der Waals surface area contributed by atoms with Crippen molar-refractivity contribution in [1.29, 1.82) is 0 Å². The van der Waals surface area contributed by atoms with Crippen molar-refractivity contribution in [2.75, 3.05) is 12.8 Å². The van der Waals surface area contributed by atoms with Crippen LogP contribution in [-0.4, -0.2) is 32.0 Å². The molecular formula is C13H27NO2S. The van der Waals surface area contributed by atoms with E-state index in [-0.39, 0.29) is 0 Å². The number of allylic oxidation sites excluding steroid dienone is 2. The van der Waals surface area contributed by atoms with Gasteiger partial charge in [-0.2, -0.15) is 0 Å². The number of hydrogen-bond acceptors (Lipinski definition) is 3. The standard InChI is InChI=1S/C13H27NO2S/c1-11(2)8-7-9-12(3)14-10-13(4,5)17(6,15)16/h8,12,14H,7,9-10H2,1-6H3. The number of nitrogens with one attached hydrogen (secondary N) is 1. The summed E-state index contributed by atoms with van der Waals surface area (Å²) in [5, 5.41) is 3.29. The van der Waals surface area contributed by atoms with E-state index in [2.05, 4.69) is 32.2 Å². The second-order valence-electron chi connectivity index (χ2n) is 5.67. The summed E-state index contributed by atoms with van der Waals surface area (Å²) >= 11 is 0. The first-order valence-electron chi connectivity index (χ1n) is 6.12. The zero-order valence-corrected chi connectivity index (χ0v) is 12.8. The molecule has 0 aromatic rings. The Bertz CT molecular complexity index is 352. The van der Waals surface area contributed by atoms with Gasteiger partial charge in [-0.3, -0.25) is 0 Å². The van der Waals surface area contributed by atoms with Crippen LogP contribution in [0.3, 0.4) is 0 Å². The molecule has 0 aliphatic rings. The Morgan fingerprint density at radius 1 is 1.35 bits per heavy atom. The van der Waals surface area contributed by atoms with Crippen LogP contribution in [0, 0.1) is 0 Å². The molecule has 0 rings (SSSR count). The third kappa shape index (κ3) is 6.84. The third-order valence-corrected chi connectivity index (χ3v) is 5.18. The molecule has 0 aliphatic carbocycles. The number of rotatable bonds is 7. The van der Waals surface area contributed by atoms with Gasteiger partial charge in [-0.25, -0.2) is 8.42 Å². The van der Waals surface area contributed by atoms with E-state index in [0.29, 0.717) is 12.6 Å². The summed E-state index contributed by atoms with van der Waals surface area (Å²) in [5.74, 6) is 0. The van der Waals surface area contributed by atoms with Gasteiger partial charge in [0.2, 0.25) is 0 Å². The maximum Gasteiger partial charge on any atom is 0.153 e. The second-order valence-corrected chi connectivity index (χ2v) is 8.32. The molecule has 1 N–H and O–H groups in total. The van der Waals surface area contributed by atoms with Crippen LogP contribution in [0.15, 0.2) is 11.6 Å². The summed E-state index contributed by atoms with van der Waals surface area (Å²) < 4.78 is 22.3. The molecule has 0 saturated carbocycles. The summed E-state index contributed by atoms with van der Waals surface area (Å²) in [6.45, 7) is 10.3. The first-order valence-corrected chi connectivity index (χ1v) is 8.02. The van der Waals surface area contributed by atoms with Gasteiger partial charge in [0, 0.05) is 18.8 Å². The van der Waals surface area contributed by atoms with Crippen molar-refractivity contribution in [1.82, 2.24) is 5.32 Å². The van der Waals surface area contributed by atoms with Crippen LogP contribution in [-0.2, 0) is 9.84 Å². The van der Waals surface area contributed by atoms with Crippen molar-refractivity contribution in [2.45, 2.75) is 58.2 Å². The van der Waals surface area contributed by atoms with Crippen molar-refractivity contribution in [3.63, 3.8) is 0 Å². The maximum absolute atomic E-state index is 11.5. The summed E-state index contributed by atoms with van der Waals surface area (Å²) in [6, 6.07) is 0.339. The predicted octanol–water partition coefficient (Wildman–Crippen LogP) is 2.53. The quantitative estimate of drug-likeness (QED) is 0.716. The summed E-state index contributed by atoms with van der Waals surface area (Å²) in [4.78, 5) is 0. The van der Waals surface area contributed by atoms with E-state index in [1.807, 2.05) is 0 Å². The SMILES string of the molecule is CC(C)=CCCC(C)NCC(C)(C)S(C)(=O)=O. The highest BCUT2D eigenvalue weighted by atomic mass is 32.2. The average Bonchev–Trinajstić information content (AvgIpc) is 2.12.